The number of carbonyl (C=O) groups is 4. The van der Waals surface area contributed by atoms with E-state index < -0.39 is 35.9 Å². The summed E-state index contributed by atoms with van der Waals surface area (Å²) in [5, 5.41) is 9.42. The van der Waals surface area contributed by atoms with Gasteiger partial charge in [-0.3, -0.25) is 19.8 Å². The number of Topliss-reactive ketones (excluding diaryl/α,β-unsaturated/α-hetero) is 1. The molecule has 44 heavy (non-hydrogen) atoms. The summed E-state index contributed by atoms with van der Waals surface area (Å²) in [6, 6.07) is 7.91. The van der Waals surface area contributed by atoms with Gasteiger partial charge in [0.15, 0.2) is 5.78 Å². The highest BCUT2D eigenvalue weighted by Gasteiger charge is 2.39. The highest BCUT2D eigenvalue weighted by Crippen LogP contribution is 2.28. The maximum Gasteiger partial charge on any atom is 0.412 e. The Morgan fingerprint density at radius 1 is 1.18 bits per heavy atom. The smallest absolute Gasteiger partial charge is 0.410 e. The molecule has 232 valence electrons. The normalized spacial score (nSPS) is 17.5. The maximum atomic E-state index is 14.5. The van der Waals surface area contributed by atoms with Gasteiger partial charge in [0.1, 0.15) is 36.2 Å². The van der Waals surface area contributed by atoms with Crippen molar-refractivity contribution in [3.63, 3.8) is 0 Å². The lowest BCUT2D eigenvalue weighted by molar-refractivity contribution is -0.139. The Balaban J connectivity index is 1.26. The van der Waals surface area contributed by atoms with Crippen molar-refractivity contribution in [2.24, 2.45) is 5.10 Å². The summed E-state index contributed by atoms with van der Waals surface area (Å²) in [5.74, 6) is -1.35. The monoisotopic (exact) mass is 630 g/mol. The number of hydrogen-bond donors (Lipinski definition) is 5. The minimum Gasteiger partial charge on any atom is -0.410 e. The van der Waals surface area contributed by atoms with Crippen molar-refractivity contribution in [2.45, 2.75) is 45.1 Å². The second kappa shape index (κ2) is 13.3. The fourth-order valence-corrected chi connectivity index (χ4v) is 5.24. The number of rotatable bonds is 10. The average Bonchev–Trinajstić information content (AvgIpc) is 3.73. The summed E-state index contributed by atoms with van der Waals surface area (Å²) < 4.78 is 35.6. The lowest BCUT2D eigenvalue weighted by Gasteiger charge is -2.24. The molecule has 2 aliphatic heterocycles. The van der Waals surface area contributed by atoms with Crippen LogP contribution in [-0.2, 0) is 22.7 Å². The Morgan fingerprint density at radius 2 is 2.00 bits per heavy atom. The molecule has 2 aromatic carbocycles. The number of benzene rings is 2. The number of hydrazone groups is 1. The van der Waals surface area contributed by atoms with E-state index in [1.54, 1.807) is 12.1 Å². The number of amides is 3. The van der Waals surface area contributed by atoms with Crippen molar-refractivity contribution in [2.75, 3.05) is 13.1 Å². The fourth-order valence-electron chi connectivity index (χ4n) is 5.05. The maximum absolute atomic E-state index is 14.5. The first-order valence-corrected chi connectivity index (χ1v) is 14.0. The van der Waals surface area contributed by atoms with Gasteiger partial charge in [-0.25, -0.2) is 19.1 Å². The SMILES string of the molecule is CC(=O)c1cn(CC(=O)N2C[C@H](F)C[C@H]2C(=O)NCc2cccc(Cl)c2F)c2ccc(OC(=O)NCCC3=NNNN3)cc12. The van der Waals surface area contributed by atoms with Gasteiger partial charge in [0.25, 0.3) is 0 Å². The van der Waals surface area contributed by atoms with Crippen LogP contribution in [0.5, 0.6) is 5.75 Å². The molecule has 0 bridgehead atoms. The van der Waals surface area contributed by atoms with E-state index in [1.807, 2.05) is 0 Å². The third-order valence-electron chi connectivity index (χ3n) is 7.19. The van der Waals surface area contributed by atoms with Crippen LogP contribution in [0.1, 0.15) is 35.7 Å². The van der Waals surface area contributed by atoms with E-state index in [0.717, 1.165) is 4.90 Å². The standard InChI is InChI=1S/C28H29ClF2N8O5/c1-15(40)20-13-38(22-6-5-18(10-19(20)22)44-28(43)32-8-7-24-34-36-37-35-24)14-25(41)39-12-17(30)9-23(39)27(42)33-11-16-3-2-4-21(29)26(16)31/h2-6,10,13,17,23,36-37H,7-9,11-12,14H2,1H3,(H,32,43)(H,33,42)(H,34,35)/t17-,23+/m1/s1. The number of hydrazine groups is 2. The van der Waals surface area contributed by atoms with Crippen LogP contribution in [0.2, 0.25) is 5.02 Å². The number of nitrogens with one attached hydrogen (secondary N) is 5. The highest BCUT2D eigenvalue weighted by molar-refractivity contribution is 6.30. The highest BCUT2D eigenvalue weighted by atomic mass is 35.5. The molecule has 0 unspecified atom stereocenters. The van der Waals surface area contributed by atoms with Crippen molar-refractivity contribution < 1.29 is 32.7 Å². The summed E-state index contributed by atoms with van der Waals surface area (Å²) in [5.41, 5.74) is 8.79. The third-order valence-corrected chi connectivity index (χ3v) is 7.48. The van der Waals surface area contributed by atoms with Gasteiger partial charge in [0.2, 0.25) is 11.8 Å². The summed E-state index contributed by atoms with van der Waals surface area (Å²) in [7, 11) is 0. The number of amidine groups is 1. The van der Waals surface area contributed by atoms with Crippen LogP contribution in [0.25, 0.3) is 10.9 Å². The van der Waals surface area contributed by atoms with E-state index in [1.165, 1.54) is 42.0 Å². The van der Waals surface area contributed by atoms with Gasteiger partial charge in [-0.05, 0) is 31.2 Å². The van der Waals surface area contributed by atoms with Crippen LogP contribution >= 0.6 is 11.6 Å². The lowest BCUT2D eigenvalue weighted by atomic mass is 10.1. The van der Waals surface area contributed by atoms with Crippen molar-refractivity contribution in [3.8, 4) is 5.75 Å². The molecule has 16 heteroatoms. The second-order valence-electron chi connectivity index (χ2n) is 10.2. The number of alkyl halides is 1. The van der Waals surface area contributed by atoms with E-state index >= 15 is 0 Å². The van der Waals surface area contributed by atoms with E-state index in [0.29, 0.717) is 23.2 Å². The summed E-state index contributed by atoms with van der Waals surface area (Å²) in [6.45, 7) is 0.854. The number of likely N-dealkylation sites (tertiary alicyclic amines) is 1. The molecule has 0 aliphatic carbocycles. The van der Waals surface area contributed by atoms with Gasteiger partial charge in [0.05, 0.1) is 11.6 Å². The Bertz CT molecular complexity index is 1650. The molecule has 5 N–H and O–H groups in total. The molecule has 3 heterocycles. The molecule has 0 radical (unpaired) electrons. The quantitative estimate of drug-likeness (QED) is 0.214. The Labute approximate surface area is 254 Å². The van der Waals surface area contributed by atoms with Crippen LogP contribution < -0.4 is 31.9 Å². The van der Waals surface area contributed by atoms with Gasteiger partial charge in [0, 0.05) is 54.2 Å². The van der Waals surface area contributed by atoms with Crippen LogP contribution in [0.15, 0.2) is 47.7 Å². The predicted molar refractivity (Wildman–Crippen MR) is 156 cm³/mol. The van der Waals surface area contributed by atoms with Crippen molar-refractivity contribution in [1.29, 1.82) is 0 Å². The molecule has 2 atom stereocenters. The predicted octanol–water partition coefficient (Wildman–Crippen LogP) is 2.30. The van der Waals surface area contributed by atoms with E-state index in [4.69, 9.17) is 16.3 Å². The minimum atomic E-state index is -1.42. The molecule has 3 aromatic rings. The number of ether oxygens (including phenoxy) is 1. The number of aromatic nitrogens is 1. The molecule has 2 aliphatic rings. The number of nitrogens with zero attached hydrogens (tertiary/aromatic N) is 3. The first kappa shape index (κ1) is 30.7. The number of hydrogen-bond acceptors (Lipinski definition) is 9. The van der Waals surface area contributed by atoms with Crippen molar-refractivity contribution >= 4 is 52.0 Å². The fraction of sp³-hybridized carbons (Fsp3) is 0.321. The summed E-state index contributed by atoms with van der Waals surface area (Å²) in [4.78, 5) is 52.2. The van der Waals surface area contributed by atoms with Gasteiger partial charge in [-0.15, -0.1) is 10.6 Å². The van der Waals surface area contributed by atoms with E-state index in [9.17, 15) is 28.0 Å². The molecular weight excluding hydrogens is 602 g/mol. The van der Waals surface area contributed by atoms with Crippen LogP contribution in [-0.4, -0.2) is 64.3 Å². The lowest BCUT2D eigenvalue weighted by Crippen LogP contribution is -2.46. The largest absolute Gasteiger partial charge is 0.412 e. The molecule has 0 spiro atoms. The third kappa shape index (κ3) is 6.89. The van der Waals surface area contributed by atoms with E-state index in [2.05, 4.69) is 32.2 Å². The zero-order chi connectivity index (χ0) is 31.4. The molecule has 1 aromatic heterocycles. The van der Waals surface area contributed by atoms with Gasteiger partial charge in [-0.2, -0.15) is 0 Å². The van der Waals surface area contributed by atoms with Crippen molar-refractivity contribution in [1.82, 2.24) is 36.6 Å². The first-order chi connectivity index (χ1) is 21.1. The topological polar surface area (TPSA) is 158 Å². The van der Waals surface area contributed by atoms with Gasteiger partial charge in [-0.1, -0.05) is 23.7 Å². The Morgan fingerprint density at radius 3 is 2.75 bits per heavy atom. The summed E-state index contributed by atoms with van der Waals surface area (Å²) >= 11 is 5.80. The van der Waals surface area contributed by atoms with Crippen LogP contribution in [0, 0.1) is 5.82 Å². The van der Waals surface area contributed by atoms with Crippen LogP contribution in [0.3, 0.4) is 0 Å². The first-order valence-electron chi connectivity index (χ1n) is 13.7. The average molecular weight is 631 g/mol. The minimum absolute atomic E-state index is 0.0943. The number of halogens is 3. The summed E-state index contributed by atoms with van der Waals surface area (Å²) in [6.07, 6.45) is -0.426. The molecule has 1 fully saturated rings. The van der Waals surface area contributed by atoms with Gasteiger partial charge < -0.3 is 24.8 Å². The zero-order valence-electron chi connectivity index (χ0n) is 23.5. The Kier molecular flexibility index (Phi) is 9.25. The number of carbonyl (C=O) groups excluding carboxylic acids is 4. The number of ketones is 1. The number of fused-ring (bicyclic) bond motifs is 1. The van der Waals surface area contributed by atoms with Crippen LogP contribution in [0.4, 0.5) is 13.6 Å². The zero-order valence-corrected chi connectivity index (χ0v) is 24.2. The second-order valence-corrected chi connectivity index (χ2v) is 10.6. The van der Waals surface area contributed by atoms with E-state index in [-0.39, 0.29) is 60.3 Å². The molecule has 13 nitrogen and oxygen atoms in total. The molecule has 5 rings (SSSR count). The van der Waals surface area contributed by atoms with Gasteiger partial charge >= 0.3 is 6.09 Å². The Hall–Kier alpha value is -4.76. The molecule has 0 saturated carbocycles. The van der Waals surface area contributed by atoms with Crippen molar-refractivity contribution in [3.05, 3.63) is 64.6 Å². The molecule has 1 saturated heterocycles. The molecule has 3 amide bonds. The molecular formula is C28H29ClF2N8O5.